The van der Waals surface area contributed by atoms with Crippen LogP contribution in [0.15, 0.2) is 24.3 Å². The molecule has 1 fully saturated rings. The Morgan fingerprint density at radius 1 is 1.07 bits per heavy atom. The van der Waals surface area contributed by atoms with Gasteiger partial charge in [0.15, 0.2) is 17.0 Å². The van der Waals surface area contributed by atoms with Gasteiger partial charge in [0.2, 0.25) is 0 Å². The molecule has 0 aliphatic carbocycles. The van der Waals surface area contributed by atoms with Crippen LogP contribution in [0.5, 0.6) is 12.0 Å². The van der Waals surface area contributed by atoms with Crippen molar-refractivity contribution in [2.45, 2.75) is 45.2 Å². The van der Waals surface area contributed by atoms with Gasteiger partial charge in [-0.15, -0.1) is 0 Å². The van der Waals surface area contributed by atoms with Gasteiger partial charge in [-0.25, -0.2) is 0 Å². The maximum Gasteiger partial charge on any atom is 0.320 e. The van der Waals surface area contributed by atoms with E-state index in [9.17, 15) is 4.79 Å². The summed E-state index contributed by atoms with van der Waals surface area (Å²) in [5.74, 6) is 0.688. The first-order valence-electron chi connectivity index (χ1n) is 14.6. The van der Waals surface area contributed by atoms with Crippen LogP contribution >= 0.6 is 0 Å². The molecule has 230 valence electrons. The Morgan fingerprint density at radius 3 is 2.60 bits per heavy atom. The summed E-state index contributed by atoms with van der Waals surface area (Å²) in [4.78, 5) is 29.8. The third-order valence-corrected chi connectivity index (χ3v) is 7.77. The number of fused-ring (bicyclic) bond motifs is 1. The third-order valence-electron chi connectivity index (χ3n) is 7.77. The van der Waals surface area contributed by atoms with Crippen LogP contribution < -0.4 is 15.2 Å². The van der Waals surface area contributed by atoms with E-state index in [2.05, 4.69) is 43.9 Å². The van der Waals surface area contributed by atoms with Crippen molar-refractivity contribution >= 4 is 23.0 Å². The fraction of sp³-hybridized carbons (Fsp3) is 0.600. The van der Waals surface area contributed by atoms with Crippen LogP contribution in [0.2, 0.25) is 0 Å². The molecule has 2 aromatic heterocycles. The van der Waals surface area contributed by atoms with Crippen molar-refractivity contribution in [2.24, 2.45) is 5.92 Å². The molecule has 0 spiro atoms. The number of esters is 1. The SMILES string of the molecule is COCCOc1nc(N)c2nc(OC)n(CCC3CCN(CCCN(C)Cc4cccc(CC(=O)OC)c4)CC3)c2n1. The van der Waals surface area contributed by atoms with Gasteiger partial charge in [-0.05, 0) is 76.0 Å². The quantitative estimate of drug-likeness (QED) is 0.197. The first kappa shape index (κ1) is 31.5. The fourth-order valence-electron chi connectivity index (χ4n) is 5.46. The number of imidazole rings is 1. The molecule has 1 aromatic carbocycles. The van der Waals surface area contributed by atoms with E-state index in [1.165, 1.54) is 25.5 Å². The molecule has 2 N–H and O–H groups in total. The van der Waals surface area contributed by atoms with Gasteiger partial charge >= 0.3 is 12.0 Å². The number of aromatic nitrogens is 4. The maximum absolute atomic E-state index is 11.6. The van der Waals surface area contributed by atoms with Crippen LogP contribution in [0, 0.1) is 5.92 Å². The number of aryl methyl sites for hydroxylation is 1. The minimum atomic E-state index is -0.211. The largest absolute Gasteiger partial charge is 0.469 e. The molecular formula is C30H45N7O5. The Labute approximate surface area is 248 Å². The van der Waals surface area contributed by atoms with Crippen molar-refractivity contribution in [2.75, 3.05) is 73.5 Å². The summed E-state index contributed by atoms with van der Waals surface area (Å²) in [6, 6.07) is 8.89. The molecule has 1 aliphatic heterocycles. The van der Waals surface area contributed by atoms with E-state index >= 15 is 0 Å². The van der Waals surface area contributed by atoms with Crippen molar-refractivity contribution in [1.82, 2.24) is 29.3 Å². The molecule has 0 atom stereocenters. The van der Waals surface area contributed by atoms with Crippen LogP contribution in [0.1, 0.15) is 36.8 Å². The van der Waals surface area contributed by atoms with Crippen molar-refractivity contribution in [1.29, 1.82) is 0 Å². The highest BCUT2D eigenvalue weighted by Gasteiger charge is 2.22. The Hall–Kier alpha value is -3.48. The smallest absolute Gasteiger partial charge is 0.320 e. The van der Waals surface area contributed by atoms with Crippen molar-refractivity contribution in [3.8, 4) is 12.0 Å². The molecule has 12 nitrogen and oxygen atoms in total. The minimum absolute atomic E-state index is 0.211. The summed E-state index contributed by atoms with van der Waals surface area (Å²) in [7, 11) is 6.80. The molecule has 0 bridgehead atoms. The zero-order valence-electron chi connectivity index (χ0n) is 25.4. The van der Waals surface area contributed by atoms with E-state index in [1.54, 1.807) is 14.2 Å². The molecular weight excluding hydrogens is 538 g/mol. The number of hydrogen-bond donors (Lipinski definition) is 1. The fourth-order valence-corrected chi connectivity index (χ4v) is 5.46. The number of anilines is 1. The van der Waals surface area contributed by atoms with Gasteiger partial charge < -0.3 is 34.5 Å². The minimum Gasteiger partial charge on any atom is -0.469 e. The van der Waals surface area contributed by atoms with E-state index < -0.39 is 0 Å². The van der Waals surface area contributed by atoms with Gasteiger partial charge in [-0.1, -0.05) is 24.3 Å². The molecule has 12 heteroatoms. The monoisotopic (exact) mass is 583 g/mol. The molecule has 0 saturated carbocycles. The zero-order valence-corrected chi connectivity index (χ0v) is 25.4. The summed E-state index contributed by atoms with van der Waals surface area (Å²) in [5.41, 5.74) is 9.52. The Bertz CT molecular complexity index is 1290. The number of methoxy groups -OCH3 is 3. The Balaban J connectivity index is 1.21. The number of carbonyl (C=O) groups is 1. The van der Waals surface area contributed by atoms with E-state index in [-0.39, 0.29) is 17.8 Å². The van der Waals surface area contributed by atoms with Gasteiger partial charge in [0.05, 0.1) is 27.2 Å². The number of rotatable bonds is 16. The lowest BCUT2D eigenvalue weighted by molar-refractivity contribution is -0.139. The van der Waals surface area contributed by atoms with E-state index in [0.29, 0.717) is 42.7 Å². The van der Waals surface area contributed by atoms with Gasteiger partial charge in [0.1, 0.15) is 6.61 Å². The van der Waals surface area contributed by atoms with E-state index in [0.717, 1.165) is 57.7 Å². The summed E-state index contributed by atoms with van der Waals surface area (Å²) in [6.45, 7) is 6.72. The first-order chi connectivity index (χ1) is 20.4. The topological polar surface area (TPSA) is 130 Å². The number of nitrogen functional groups attached to an aromatic ring is 1. The van der Waals surface area contributed by atoms with Crippen LogP contribution in [-0.4, -0.2) is 103 Å². The lowest BCUT2D eigenvalue weighted by Gasteiger charge is -2.32. The van der Waals surface area contributed by atoms with Gasteiger partial charge in [0.25, 0.3) is 6.01 Å². The Kier molecular flexibility index (Phi) is 11.7. The van der Waals surface area contributed by atoms with Gasteiger partial charge in [0, 0.05) is 20.2 Å². The highest BCUT2D eigenvalue weighted by atomic mass is 16.5. The predicted octanol–water partition coefficient (Wildman–Crippen LogP) is 2.78. The first-order valence-corrected chi connectivity index (χ1v) is 14.6. The standard InChI is InChI=1S/C30H45N7O5/c1-35(21-24-8-5-7-23(19-24)20-25(38)40-3)12-6-13-36-14-9-22(10-15-36)11-16-37-28-26(32-30(37)41-4)27(31)33-29(34-28)42-18-17-39-2/h5,7-8,19,22H,6,9-18,20-21H2,1-4H3,(H2,31,33,34). The van der Waals surface area contributed by atoms with Crippen molar-refractivity contribution in [3.05, 3.63) is 35.4 Å². The van der Waals surface area contributed by atoms with Crippen molar-refractivity contribution < 1.29 is 23.7 Å². The van der Waals surface area contributed by atoms with Crippen LogP contribution in [0.4, 0.5) is 5.82 Å². The summed E-state index contributed by atoms with van der Waals surface area (Å²) in [6.07, 6.45) is 4.78. The molecule has 1 aliphatic rings. The highest BCUT2D eigenvalue weighted by molar-refractivity contribution is 5.83. The van der Waals surface area contributed by atoms with Crippen LogP contribution in [0.3, 0.4) is 0 Å². The van der Waals surface area contributed by atoms with Crippen molar-refractivity contribution in [3.63, 3.8) is 0 Å². The number of nitrogens with two attached hydrogens (primary N) is 1. The number of piperidine rings is 1. The number of nitrogens with zero attached hydrogens (tertiary/aromatic N) is 6. The molecule has 0 amide bonds. The Morgan fingerprint density at radius 2 is 1.86 bits per heavy atom. The van der Waals surface area contributed by atoms with Crippen LogP contribution in [0.25, 0.3) is 11.2 Å². The normalized spacial score (nSPS) is 14.5. The molecule has 1 saturated heterocycles. The predicted molar refractivity (Wildman–Crippen MR) is 161 cm³/mol. The number of hydrogen-bond acceptors (Lipinski definition) is 11. The van der Waals surface area contributed by atoms with Gasteiger partial charge in [-0.3, -0.25) is 9.36 Å². The highest BCUT2D eigenvalue weighted by Crippen LogP contribution is 2.28. The molecule has 4 rings (SSSR count). The molecule has 3 heterocycles. The average molecular weight is 584 g/mol. The second kappa shape index (κ2) is 15.7. The van der Waals surface area contributed by atoms with E-state index in [1.807, 2.05) is 16.7 Å². The van der Waals surface area contributed by atoms with E-state index in [4.69, 9.17) is 24.7 Å². The number of ether oxygens (including phenoxy) is 4. The lowest BCUT2D eigenvalue weighted by Crippen LogP contribution is -2.36. The molecule has 3 aromatic rings. The van der Waals surface area contributed by atoms with Gasteiger partial charge in [-0.2, -0.15) is 15.0 Å². The number of benzene rings is 1. The third kappa shape index (κ3) is 8.76. The lowest BCUT2D eigenvalue weighted by atomic mass is 9.93. The molecule has 0 unspecified atom stereocenters. The van der Waals surface area contributed by atoms with Crippen LogP contribution in [-0.2, 0) is 33.8 Å². The summed E-state index contributed by atoms with van der Waals surface area (Å²) >= 11 is 0. The second-order valence-electron chi connectivity index (χ2n) is 10.9. The molecule has 42 heavy (non-hydrogen) atoms. The summed E-state index contributed by atoms with van der Waals surface area (Å²) in [5, 5.41) is 0. The summed E-state index contributed by atoms with van der Waals surface area (Å²) < 4.78 is 23.0. The maximum atomic E-state index is 11.6. The second-order valence-corrected chi connectivity index (χ2v) is 10.9. The zero-order chi connectivity index (χ0) is 29.9. The number of carbonyl (C=O) groups excluding carboxylic acids is 1. The average Bonchev–Trinajstić information content (AvgIpc) is 3.35. The number of likely N-dealkylation sites (tertiary alicyclic amines) is 1. The molecule has 0 radical (unpaired) electrons.